The molecule has 4 nitrogen and oxygen atoms in total. The Morgan fingerprint density at radius 2 is 2.12 bits per heavy atom. The van der Waals surface area contributed by atoms with Crippen LogP contribution in [0.2, 0.25) is 0 Å². The zero-order valence-corrected chi connectivity index (χ0v) is 10.7. The number of alkyl carbamates (subject to hydrolysis) is 1. The molecule has 2 N–H and O–H groups in total. The highest BCUT2D eigenvalue weighted by molar-refractivity contribution is 5.68. The lowest BCUT2D eigenvalue weighted by atomic mass is 9.83. The normalized spacial score (nSPS) is 30.9. The van der Waals surface area contributed by atoms with Crippen molar-refractivity contribution in [2.24, 2.45) is 0 Å². The van der Waals surface area contributed by atoms with Crippen molar-refractivity contribution in [3.05, 3.63) is 0 Å². The highest BCUT2D eigenvalue weighted by atomic mass is 16.6. The molecule has 0 aliphatic heterocycles. The lowest BCUT2D eigenvalue weighted by Gasteiger charge is -2.34. The van der Waals surface area contributed by atoms with E-state index in [-0.39, 0.29) is 6.04 Å². The summed E-state index contributed by atoms with van der Waals surface area (Å²) >= 11 is 0. The van der Waals surface area contributed by atoms with Gasteiger partial charge in [0.05, 0.1) is 5.60 Å². The van der Waals surface area contributed by atoms with Gasteiger partial charge in [0, 0.05) is 6.04 Å². The SMILES string of the molecule is CC1(O)CCC[C@@H](NC(=O)OC(C)(C)C)C1. The van der Waals surface area contributed by atoms with Crippen molar-refractivity contribution < 1.29 is 14.6 Å². The van der Waals surface area contributed by atoms with Crippen LogP contribution >= 0.6 is 0 Å². The molecular weight excluding hydrogens is 206 g/mol. The molecule has 1 saturated carbocycles. The summed E-state index contributed by atoms with van der Waals surface area (Å²) in [5, 5.41) is 12.7. The van der Waals surface area contributed by atoms with Crippen molar-refractivity contribution in [3.8, 4) is 0 Å². The van der Waals surface area contributed by atoms with Crippen molar-refractivity contribution >= 4 is 6.09 Å². The Bertz CT molecular complexity index is 255. The van der Waals surface area contributed by atoms with Crippen LogP contribution in [-0.2, 0) is 4.74 Å². The Balaban J connectivity index is 2.40. The van der Waals surface area contributed by atoms with Gasteiger partial charge in [-0.1, -0.05) is 0 Å². The van der Waals surface area contributed by atoms with E-state index in [0.29, 0.717) is 6.42 Å². The van der Waals surface area contributed by atoms with E-state index in [1.165, 1.54) is 0 Å². The monoisotopic (exact) mass is 229 g/mol. The van der Waals surface area contributed by atoms with Crippen LogP contribution in [0.1, 0.15) is 53.4 Å². The Kier molecular flexibility index (Phi) is 3.84. The number of carbonyl (C=O) groups excluding carboxylic acids is 1. The Labute approximate surface area is 97.4 Å². The van der Waals surface area contributed by atoms with Gasteiger partial charge in [-0.05, 0) is 53.4 Å². The number of hydrogen-bond acceptors (Lipinski definition) is 3. The summed E-state index contributed by atoms with van der Waals surface area (Å²) in [5.74, 6) is 0. The second kappa shape index (κ2) is 4.62. The van der Waals surface area contributed by atoms with E-state index in [2.05, 4.69) is 5.32 Å². The van der Waals surface area contributed by atoms with Crippen molar-refractivity contribution in [2.75, 3.05) is 0 Å². The van der Waals surface area contributed by atoms with Gasteiger partial charge >= 0.3 is 6.09 Å². The van der Waals surface area contributed by atoms with E-state index in [1.807, 2.05) is 27.7 Å². The van der Waals surface area contributed by atoms with Gasteiger partial charge in [0.2, 0.25) is 0 Å². The minimum absolute atomic E-state index is 0.0265. The smallest absolute Gasteiger partial charge is 0.407 e. The van der Waals surface area contributed by atoms with E-state index in [9.17, 15) is 9.90 Å². The Morgan fingerprint density at radius 1 is 1.50 bits per heavy atom. The highest BCUT2D eigenvalue weighted by Gasteiger charge is 2.31. The molecule has 94 valence electrons. The molecule has 0 aromatic rings. The Hall–Kier alpha value is -0.770. The molecule has 0 aromatic carbocycles. The molecule has 1 aliphatic rings. The second-order valence-corrected chi connectivity index (χ2v) is 5.94. The topological polar surface area (TPSA) is 58.6 Å². The molecule has 0 heterocycles. The molecule has 2 atom stereocenters. The molecule has 0 aromatic heterocycles. The van der Waals surface area contributed by atoms with Crippen LogP contribution in [0, 0.1) is 0 Å². The summed E-state index contributed by atoms with van der Waals surface area (Å²) in [6, 6.07) is 0.0265. The van der Waals surface area contributed by atoms with Crippen molar-refractivity contribution in [3.63, 3.8) is 0 Å². The van der Waals surface area contributed by atoms with E-state index in [1.54, 1.807) is 0 Å². The third-order valence-electron chi connectivity index (χ3n) is 2.67. The number of nitrogens with one attached hydrogen (secondary N) is 1. The van der Waals surface area contributed by atoms with Crippen molar-refractivity contribution in [1.82, 2.24) is 5.32 Å². The van der Waals surface area contributed by atoms with Gasteiger partial charge in [0.25, 0.3) is 0 Å². The van der Waals surface area contributed by atoms with E-state index in [4.69, 9.17) is 4.74 Å². The molecule has 1 amide bonds. The summed E-state index contributed by atoms with van der Waals surface area (Å²) < 4.78 is 5.18. The van der Waals surface area contributed by atoms with Crippen LogP contribution in [0.5, 0.6) is 0 Å². The first kappa shape index (κ1) is 13.3. The average Bonchev–Trinajstić information content (AvgIpc) is 1.96. The molecule has 0 saturated heterocycles. The molecule has 1 rings (SSSR count). The molecule has 16 heavy (non-hydrogen) atoms. The maximum atomic E-state index is 11.5. The van der Waals surface area contributed by atoms with Gasteiger partial charge in [-0.15, -0.1) is 0 Å². The maximum absolute atomic E-state index is 11.5. The number of ether oxygens (including phenoxy) is 1. The minimum atomic E-state index is -0.655. The zero-order chi connectivity index (χ0) is 12.4. The second-order valence-electron chi connectivity index (χ2n) is 5.94. The lowest BCUT2D eigenvalue weighted by molar-refractivity contribution is 0.00539. The predicted molar refractivity (Wildman–Crippen MR) is 62.2 cm³/mol. The van der Waals surface area contributed by atoms with E-state index in [0.717, 1.165) is 19.3 Å². The zero-order valence-electron chi connectivity index (χ0n) is 10.7. The fourth-order valence-corrected chi connectivity index (χ4v) is 2.06. The van der Waals surface area contributed by atoms with Gasteiger partial charge < -0.3 is 15.2 Å². The first-order chi connectivity index (χ1) is 7.18. The molecule has 0 bridgehead atoms. The number of hydrogen-bond donors (Lipinski definition) is 2. The molecule has 0 radical (unpaired) electrons. The van der Waals surface area contributed by atoms with Gasteiger partial charge in [-0.3, -0.25) is 0 Å². The Morgan fingerprint density at radius 3 is 2.62 bits per heavy atom. The first-order valence-corrected chi connectivity index (χ1v) is 5.90. The van der Waals surface area contributed by atoms with Crippen LogP contribution in [0.15, 0.2) is 0 Å². The predicted octanol–water partition coefficient (Wildman–Crippen LogP) is 2.20. The fourth-order valence-electron chi connectivity index (χ4n) is 2.06. The number of amides is 1. The summed E-state index contributed by atoms with van der Waals surface area (Å²) in [6.45, 7) is 7.33. The van der Waals surface area contributed by atoms with Gasteiger partial charge in [0.15, 0.2) is 0 Å². The first-order valence-electron chi connectivity index (χ1n) is 5.90. The standard InChI is InChI=1S/C12H23NO3/c1-11(2,3)16-10(14)13-9-6-5-7-12(4,15)8-9/h9,15H,5-8H2,1-4H3,(H,13,14)/t9-,12?/m1/s1. The van der Waals surface area contributed by atoms with Crippen LogP contribution in [0.25, 0.3) is 0 Å². The quantitative estimate of drug-likeness (QED) is 0.724. The number of carbonyl (C=O) groups is 1. The molecule has 1 fully saturated rings. The third kappa shape index (κ3) is 4.84. The van der Waals surface area contributed by atoms with Crippen LogP contribution in [0.4, 0.5) is 4.79 Å². The van der Waals surface area contributed by atoms with Gasteiger partial charge in [-0.25, -0.2) is 4.79 Å². The van der Waals surface area contributed by atoms with Gasteiger partial charge in [-0.2, -0.15) is 0 Å². The number of rotatable bonds is 1. The van der Waals surface area contributed by atoms with Crippen LogP contribution in [-0.4, -0.2) is 28.4 Å². The lowest BCUT2D eigenvalue weighted by Crippen LogP contribution is -2.45. The minimum Gasteiger partial charge on any atom is -0.444 e. The highest BCUT2D eigenvalue weighted by Crippen LogP contribution is 2.27. The summed E-state index contributed by atoms with van der Waals surface area (Å²) in [7, 11) is 0. The third-order valence-corrected chi connectivity index (χ3v) is 2.67. The fraction of sp³-hybridized carbons (Fsp3) is 0.917. The number of aliphatic hydroxyl groups is 1. The van der Waals surface area contributed by atoms with Crippen molar-refractivity contribution in [1.29, 1.82) is 0 Å². The van der Waals surface area contributed by atoms with E-state index >= 15 is 0 Å². The largest absolute Gasteiger partial charge is 0.444 e. The molecule has 1 aliphatic carbocycles. The summed E-state index contributed by atoms with van der Waals surface area (Å²) in [6.07, 6.45) is 2.87. The average molecular weight is 229 g/mol. The molecule has 4 heteroatoms. The van der Waals surface area contributed by atoms with Crippen molar-refractivity contribution in [2.45, 2.75) is 70.6 Å². The molecular formula is C12H23NO3. The molecule has 0 spiro atoms. The van der Waals surface area contributed by atoms with Crippen LogP contribution in [0.3, 0.4) is 0 Å². The van der Waals surface area contributed by atoms with E-state index < -0.39 is 17.3 Å². The summed E-state index contributed by atoms with van der Waals surface area (Å²) in [5.41, 5.74) is -1.13. The van der Waals surface area contributed by atoms with Crippen LogP contribution < -0.4 is 5.32 Å². The van der Waals surface area contributed by atoms with Gasteiger partial charge in [0.1, 0.15) is 5.60 Å². The molecule has 1 unspecified atom stereocenters. The maximum Gasteiger partial charge on any atom is 0.407 e. The summed E-state index contributed by atoms with van der Waals surface area (Å²) in [4.78, 5) is 11.5.